The molecule has 0 saturated carbocycles. The van der Waals surface area contributed by atoms with Crippen molar-refractivity contribution < 1.29 is 27.5 Å². The number of carbonyl (C=O) groups is 2. The topological polar surface area (TPSA) is 105 Å². The summed E-state index contributed by atoms with van der Waals surface area (Å²) >= 11 is 6.10. The third-order valence-electron chi connectivity index (χ3n) is 6.56. The van der Waals surface area contributed by atoms with Crippen LogP contribution in [0.4, 0.5) is 5.69 Å². The summed E-state index contributed by atoms with van der Waals surface area (Å²) in [6.45, 7) is 3.86. The van der Waals surface area contributed by atoms with Gasteiger partial charge in [-0.15, -0.1) is 0 Å². The van der Waals surface area contributed by atoms with Crippen LogP contribution in [0.3, 0.4) is 0 Å². The summed E-state index contributed by atoms with van der Waals surface area (Å²) < 4.78 is 37.9. The van der Waals surface area contributed by atoms with Crippen molar-refractivity contribution in [3.63, 3.8) is 0 Å². The first-order valence-corrected chi connectivity index (χ1v) is 15.7. The Hall–Kier alpha value is -3.76. The van der Waals surface area contributed by atoms with Gasteiger partial charge in [-0.3, -0.25) is 13.9 Å². The summed E-state index contributed by atoms with van der Waals surface area (Å²) in [6.07, 6.45) is 1.24. The van der Waals surface area contributed by atoms with Crippen LogP contribution in [0, 0.1) is 5.92 Å². The van der Waals surface area contributed by atoms with Gasteiger partial charge in [0.25, 0.3) is 0 Å². The molecule has 0 aliphatic carbocycles. The Bertz CT molecular complexity index is 1450. The van der Waals surface area contributed by atoms with Crippen LogP contribution in [0.1, 0.15) is 25.0 Å². The molecule has 1 atom stereocenters. The molecule has 3 aromatic carbocycles. The zero-order chi connectivity index (χ0) is 30.9. The van der Waals surface area contributed by atoms with E-state index in [4.69, 9.17) is 21.1 Å². The number of ether oxygens (including phenoxy) is 2. The molecular formula is C31H38ClN3O6S. The minimum absolute atomic E-state index is 0.0510. The molecule has 0 spiro atoms. The van der Waals surface area contributed by atoms with E-state index in [1.54, 1.807) is 36.4 Å². The number of methoxy groups -OCH3 is 2. The fraction of sp³-hybridized carbons (Fsp3) is 0.355. The average Bonchev–Trinajstić information content (AvgIpc) is 2.96. The maximum Gasteiger partial charge on any atom is 0.244 e. The molecule has 11 heteroatoms. The maximum absolute atomic E-state index is 14.2. The summed E-state index contributed by atoms with van der Waals surface area (Å²) in [5.41, 5.74) is 1.72. The van der Waals surface area contributed by atoms with Crippen molar-refractivity contribution in [1.29, 1.82) is 0 Å². The zero-order valence-corrected chi connectivity index (χ0v) is 26.1. The zero-order valence-electron chi connectivity index (χ0n) is 24.5. The fourth-order valence-corrected chi connectivity index (χ4v) is 5.32. The first kappa shape index (κ1) is 32.8. The van der Waals surface area contributed by atoms with Crippen molar-refractivity contribution in [2.75, 3.05) is 37.9 Å². The van der Waals surface area contributed by atoms with Gasteiger partial charge < -0.3 is 19.7 Å². The molecular weight excluding hydrogens is 578 g/mol. The number of halogens is 1. The lowest BCUT2D eigenvalue weighted by Gasteiger charge is -2.34. The molecule has 226 valence electrons. The largest absolute Gasteiger partial charge is 0.497 e. The molecule has 0 radical (unpaired) electrons. The van der Waals surface area contributed by atoms with Crippen molar-refractivity contribution in [3.05, 3.63) is 88.9 Å². The summed E-state index contributed by atoms with van der Waals surface area (Å²) in [7, 11) is -1.11. The maximum atomic E-state index is 14.2. The number of anilines is 1. The second kappa shape index (κ2) is 14.9. The van der Waals surface area contributed by atoms with Crippen molar-refractivity contribution >= 4 is 39.1 Å². The van der Waals surface area contributed by atoms with Crippen LogP contribution in [-0.4, -0.2) is 64.7 Å². The van der Waals surface area contributed by atoms with Crippen molar-refractivity contribution in [3.8, 4) is 11.5 Å². The smallest absolute Gasteiger partial charge is 0.244 e. The third kappa shape index (κ3) is 9.12. The molecule has 0 fully saturated rings. The summed E-state index contributed by atoms with van der Waals surface area (Å²) in [5.74, 6) is -0.0812. The molecule has 9 nitrogen and oxygen atoms in total. The second-order valence-corrected chi connectivity index (χ2v) is 12.6. The molecule has 0 bridgehead atoms. The third-order valence-corrected chi connectivity index (χ3v) is 7.93. The fourth-order valence-electron chi connectivity index (χ4n) is 4.35. The van der Waals surface area contributed by atoms with E-state index in [0.717, 1.165) is 21.7 Å². The predicted molar refractivity (Wildman–Crippen MR) is 166 cm³/mol. The number of hydrogen-bond acceptors (Lipinski definition) is 6. The molecule has 0 aromatic heterocycles. The number of sulfonamides is 1. The highest BCUT2D eigenvalue weighted by Gasteiger charge is 2.34. The van der Waals surface area contributed by atoms with Gasteiger partial charge in [0.2, 0.25) is 21.8 Å². The predicted octanol–water partition coefficient (Wildman–Crippen LogP) is 4.54. The number of carbonyl (C=O) groups excluding carboxylic acids is 2. The van der Waals surface area contributed by atoms with Crippen molar-refractivity contribution in [2.45, 2.75) is 32.9 Å². The van der Waals surface area contributed by atoms with E-state index in [2.05, 4.69) is 5.32 Å². The Morgan fingerprint density at radius 3 is 2.17 bits per heavy atom. The molecule has 42 heavy (non-hydrogen) atoms. The van der Waals surface area contributed by atoms with E-state index >= 15 is 0 Å². The van der Waals surface area contributed by atoms with Gasteiger partial charge in [-0.1, -0.05) is 67.9 Å². The van der Waals surface area contributed by atoms with E-state index in [1.165, 1.54) is 25.2 Å². The Balaban J connectivity index is 2.09. The summed E-state index contributed by atoms with van der Waals surface area (Å²) in [6, 6.07) is 20.1. The number of hydrogen-bond donors (Lipinski definition) is 1. The van der Waals surface area contributed by atoms with Crippen LogP contribution in [0.15, 0.2) is 72.8 Å². The first-order chi connectivity index (χ1) is 19.9. The number of rotatable bonds is 14. The Kier molecular flexibility index (Phi) is 11.6. The average molecular weight is 616 g/mol. The summed E-state index contributed by atoms with van der Waals surface area (Å²) in [5, 5.41) is 3.49. The van der Waals surface area contributed by atoms with Crippen LogP contribution in [-0.2, 0) is 32.6 Å². The molecule has 0 unspecified atom stereocenters. The van der Waals surface area contributed by atoms with Crippen molar-refractivity contribution in [2.24, 2.45) is 5.92 Å². The standard InChI is InChI=1S/C31H38ClN3O6S/c1-22(2)19-33-31(37)28(17-23-9-7-6-8-10-23)34(20-24-11-13-25(32)14-12-24)30(36)21-35(42(5,38)39)27-18-26(40-3)15-16-29(27)41-4/h6-16,18,22,28H,17,19-21H2,1-5H3,(H,33,37)/t28-/m0/s1. The van der Waals surface area contributed by atoms with Gasteiger partial charge >= 0.3 is 0 Å². The van der Waals surface area contributed by atoms with Gasteiger partial charge in [-0.05, 0) is 41.3 Å². The van der Waals surface area contributed by atoms with Gasteiger partial charge in [0.1, 0.15) is 24.1 Å². The molecule has 3 aromatic rings. The lowest BCUT2D eigenvalue weighted by molar-refractivity contribution is -0.140. The van der Waals surface area contributed by atoms with E-state index in [9.17, 15) is 18.0 Å². The summed E-state index contributed by atoms with van der Waals surface area (Å²) in [4.78, 5) is 29.3. The van der Waals surface area contributed by atoms with E-state index < -0.39 is 28.5 Å². The number of nitrogens with one attached hydrogen (secondary N) is 1. The van der Waals surface area contributed by atoms with Crippen LogP contribution >= 0.6 is 11.6 Å². The van der Waals surface area contributed by atoms with Gasteiger partial charge in [-0.2, -0.15) is 0 Å². The minimum atomic E-state index is -3.98. The highest BCUT2D eigenvalue weighted by Crippen LogP contribution is 2.34. The molecule has 3 rings (SSSR count). The normalized spacial score (nSPS) is 12.0. The number of nitrogens with zero attached hydrogens (tertiary/aromatic N) is 2. The van der Waals surface area contributed by atoms with Crippen LogP contribution < -0.4 is 19.1 Å². The Morgan fingerprint density at radius 1 is 0.929 bits per heavy atom. The second-order valence-electron chi connectivity index (χ2n) is 10.3. The SMILES string of the molecule is COc1ccc(OC)c(N(CC(=O)N(Cc2ccc(Cl)cc2)[C@@H](Cc2ccccc2)C(=O)NCC(C)C)S(C)(=O)=O)c1. The minimum Gasteiger partial charge on any atom is -0.497 e. The monoisotopic (exact) mass is 615 g/mol. The van der Waals surface area contributed by atoms with E-state index in [-0.39, 0.29) is 36.2 Å². The van der Waals surface area contributed by atoms with Gasteiger partial charge in [0, 0.05) is 30.6 Å². The van der Waals surface area contributed by atoms with Crippen LogP contribution in [0.25, 0.3) is 0 Å². The highest BCUT2D eigenvalue weighted by atomic mass is 35.5. The van der Waals surface area contributed by atoms with Gasteiger partial charge in [0.05, 0.1) is 26.2 Å². The molecule has 0 heterocycles. The highest BCUT2D eigenvalue weighted by molar-refractivity contribution is 7.92. The lowest BCUT2D eigenvalue weighted by Crippen LogP contribution is -2.53. The Morgan fingerprint density at radius 2 is 1.60 bits per heavy atom. The Labute approximate surface area is 253 Å². The van der Waals surface area contributed by atoms with Crippen LogP contribution in [0.2, 0.25) is 5.02 Å². The van der Waals surface area contributed by atoms with Gasteiger partial charge in [-0.25, -0.2) is 8.42 Å². The van der Waals surface area contributed by atoms with Crippen LogP contribution in [0.5, 0.6) is 11.5 Å². The van der Waals surface area contributed by atoms with Crippen molar-refractivity contribution in [1.82, 2.24) is 10.2 Å². The number of amides is 2. The van der Waals surface area contributed by atoms with E-state index in [1.807, 2.05) is 44.2 Å². The molecule has 0 aliphatic rings. The number of benzene rings is 3. The first-order valence-electron chi connectivity index (χ1n) is 13.5. The van der Waals surface area contributed by atoms with Gasteiger partial charge in [0.15, 0.2) is 0 Å². The molecule has 0 saturated heterocycles. The molecule has 0 aliphatic heterocycles. The molecule has 2 amide bonds. The van der Waals surface area contributed by atoms with E-state index in [0.29, 0.717) is 17.3 Å². The molecule has 1 N–H and O–H groups in total. The quantitative estimate of drug-likeness (QED) is 0.286. The lowest BCUT2D eigenvalue weighted by atomic mass is 10.0.